The zero-order valence-electron chi connectivity index (χ0n) is 10.2. The monoisotopic (exact) mass is 246 g/mol. The van der Waals surface area contributed by atoms with Gasteiger partial charge in [-0.1, -0.05) is 38.1 Å². The van der Waals surface area contributed by atoms with E-state index in [-0.39, 0.29) is 5.92 Å². The van der Waals surface area contributed by atoms with Crippen LogP contribution in [0.15, 0.2) is 24.3 Å². The third-order valence-electron chi connectivity index (χ3n) is 2.71. The molecule has 1 N–H and O–H groups in total. The minimum Gasteiger partial charge on any atom is -0.385 e. The van der Waals surface area contributed by atoms with Crippen LogP contribution in [0.1, 0.15) is 44.2 Å². The van der Waals surface area contributed by atoms with Gasteiger partial charge in [0.15, 0.2) is 0 Å². The molecule has 0 fully saturated rings. The normalized spacial score (nSPS) is 16.0. The molecule has 1 aromatic rings. The van der Waals surface area contributed by atoms with Gasteiger partial charge in [0.25, 0.3) is 0 Å². The van der Waals surface area contributed by atoms with Crippen LogP contribution in [0.4, 0.5) is 13.2 Å². The van der Waals surface area contributed by atoms with Crippen LogP contribution in [0.3, 0.4) is 0 Å². The molecule has 0 saturated carbocycles. The van der Waals surface area contributed by atoms with Crippen molar-refractivity contribution in [3.05, 3.63) is 35.4 Å². The van der Waals surface area contributed by atoms with E-state index in [0.717, 1.165) is 5.56 Å². The standard InChI is InChI=1S/C13H17F3O/c1-9(2)10-6-4-5-7-11(10)12(3,17)8-13(14,15)16/h4-7,9,17H,8H2,1-3H3. The summed E-state index contributed by atoms with van der Waals surface area (Å²) in [7, 11) is 0. The van der Waals surface area contributed by atoms with Crippen LogP contribution in [0.5, 0.6) is 0 Å². The van der Waals surface area contributed by atoms with E-state index in [1.54, 1.807) is 24.3 Å². The van der Waals surface area contributed by atoms with Gasteiger partial charge in [-0.3, -0.25) is 0 Å². The molecule has 0 heterocycles. The highest BCUT2D eigenvalue weighted by Gasteiger charge is 2.40. The van der Waals surface area contributed by atoms with Crippen molar-refractivity contribution in [2.45, 2.75) is 44.9 Å². The molecular formula is C13H17F3O. The lowest BCUT2D eigenvalue weighted by Gasteiger charge is -2.28. The number of rotatable bonds is 3. The van der Waals surface area contributed by atoms with Crippen LogP contribution in [-0.4, -0.2) is 11.3 Å². The molecule has 1 atom stereocenters. The first-order valence-electron chi connectivity index (χ1n) is 5.52. The largest absolute Gasteiger partial charge is 0.392 e. The van der Waals surface area contributed by atoms with E-state index in [2.05, 4.69) is 0 Å². The molecule has 0 spiro atoms. The third kappa shape index (κ3) is 3.73. The van der Waals surface area contributed by atoms with Crippen LogP contribution < -0.4 is 0 Å². The number of halogens is 3. The zero-order chi connectivity index (χ0) is 13.3. The maximum absolute atomic E-state index is 12.4. The third-order valence-corrected chi connectivity index (χ3v) is 2.71. The molecule has 0 aliphatic heterocycles. The molecule has 0 aromatic heterocycles. The molecule has 1 aromatic carbocycles. The van der Waals surface area contributed by atoms with E-state index in [1.165, 1.54) is 6.92 Å². The number of alkyl halides is 3. The van der Waals surface area contributed by atoms with Crippen molar-refractivity contribution in [3.8, 4) is 0 Å². The van der Waals surface area contributed by atoms with E-state index in [4.69, 9.17) is 0 Å². The van der Waals surface area contributed by atoms with Gasteiger partial charge in [-0.05, 0) is 24.0 Å². The Morgan fingerprint density at radius 1 is 1.18 bits per heavy atom. The summed E-state index contributed by atoms with van der Waals surface area (Å²) in [4.78, 5) is 0. The molecule has 1 nitrogen and oxygen atoms in total. The minimum absolute atomic E-state index is 0.0749. The average molecular weight is 246 g/mol. The maximum Gasteiger partial charge on any atom is 0.392 e. The molecule has 0 radical (unpaired) electrons. The molecule has 0 amide bonds. The summed E-state index contributed by atoms with van der Waals surface area (Å²) in [6.07, 6.45) is -5.61. The van der Waals surface area contributed by atoms with Gasteiger partial charge in [0, 0.05) is 0 Å². The molecule has 17 heavy (non-hydrogen) atoms. The fourth-order valence-electron chi connectivity index (χ4n) is 1.98. The Kier molecular flexibility index (Phi) is 3.87. The van der Waals surface area contributed by atoms with Crippen LogP contribution in [-0.2, 0) is 5.60 Å². The highest BCUT2D eigenvalue weighted by atomic mass is 19.4. The lowest BCUT2D eigenvalue weighted by atomic mass is 9.85. The number of hydrogen-bond donors (Lipinski definition) is 1. The van der Waals surface area contributed by atoms with E-state index >= 15 is 0 Å². The summed E-state index contributed by atoms with van der Waals surface area (Å²) >= 11 is 0. The number of benzene rings is 1. The minimum atomic E-state index is -4.38. The second kappa shape index (κ2) is 4.69. The summed E-state index contributed by atoms with van der Waals surface area (Å²) in [5.74, 6) is 0.0749. The van der Waals surface area contributed by atoms with Gasteiger partial charge in [-0.25, -0.2) is 0 Å². The van der Waals surface area contributed by atoms with Crippen molar-refractivity contribution >= 4 is 0 Å². The first kappa shape index (κ1) is 14.0. The Balaban J connectivity index is 3.14. The van der Waals surface area contributed by atoms with E-state index in [9.17, 15) is 18.3 Å². The van der Waals surface area contributed by atoms with Gasteiger partial charge >= 0.3 is 6.18 Å². The first-order valence-corrected chi connectivity index (χ1v) is 5.52. The molecule has 0 aliphatic carbocycles. The molecule has 1 rings (SSSR count). The predicted molar refractivity (Wildman–Crippen MR) is 60.8 cm³/mol. The van der Waals surface area contributed by atoms with E-state index in [0.29, 0.717) is 5.56 Å². The summed E-state index contributed by atoms with van der Waals surface area (Å²) in [6.45, 7) is 4.99. The molecule has 96 valence electrons. The van der Waals surface area contributed by atoms with Crippen LogP contribution in [0.25, 0.3) is 0 Å². The molecule has 1 unspecified atom stereocenters. The fraction of sp³-hybridized carbons (Fsp3) is 0.538. The van der Waals surface area contributed by atoms with Crippen molar-refractivity contribution in [1.82, 2.24) is 0 Å². The van der Waals surface area contributed by atoms with E-state index < -0.39 is 18.2 Å². The number of aliphatic hydroxyl groups is 1. The van der Waals surface area contributed by atoms with Gasteiger partial charge < -0.3 is 5.11 Å². The summed E-state index contributed by atoms with van der Waals surface area (Å²) in [5.41, 5.74) is -0.770. The van der Waals surface area contributed by atoms with Crippen molar-refractivity contribution in [2.24, 2.45) is 0 Å². The summed E-state index contributed by atoms with van der Waals surface area (Å²) in [6, 6.07) is 6.72. The van der Waals surface area contributed by atoms with Crippen molar-refractivity contribution in [1.29, 1.82) is 0 Å². The maximum atomic E-state index is 12.4. The second-order valence-corrected chi connectivity index (χ2v) is 4.81. The fourth-order valence-corrected chi connectivity index (χ4v) is 1.98. The Labute approximate surface area is 99.3 Å². The highest BCUT2D eigenvalue weighted by Crippen LogP contribution is 2.37. The molecule has 0 bridgehead atoms. The van der Waals surface area contributed by atoms with Crippen LogP contribution in [0, 0.1) is 0 Å². The number of hydrogen-bond acceptors (Lipinski definition) is 1. The lowest BCUT2D eigenvalue weighted by molar-refractivity contribution is -0.174. The van der Waals surface area contributed by atoms with Crippen molar-refractivity contribution < 1.29 is 18.3 Å². The topological polar surface area (TPSA) is 20.2 Å². The van der Waals surface area contributed by atoms with Gasteiger partial charge in [-0.15, -0.1) is 0 Å². The van der Waals surface area contributed by atoms with Crippen LogP contribution >= 0.6 is 0 Å². The smallest absolute Gasteiger partial charge is 0.385 e. The Morgan fingerprint density at radius 3 is 2.18 bits per heavy atom. The predicted octanol–water partition coefficient (Wildman–Crippen LogP) is 3.97. The van der Waals surface area contributed by atoms with Crippen molar-refractivity contribution in [3.63, 3.8) is 0 Å². The van der Waals surface area contributed by atoms with Gasteiger partial charge in [-0.2, -0.15) is 13.2 Å². The second-order valence-electron chi connectivity index (χ2n) is 4.81. The summed E-state index contributed by atoms with van der Waals surface area (Å²) in [5, 5.41) is 10.0. The first-order chi connectivity index (χ1) is 7.63. The highest BCUT2D eigenvalue weighted by molar-refractivity contribution is 5.34. The average Bonchev–Trinajstić information content (AvgIpc) is 2.14. The summed E-state index contributed by atoms with van der Waals surface area (Å²) < 4.78 is 37.2. The molecule has 4 heteroatoms. The SMILES string of the molecule is CC(C)c1ccccc1C(C)(O)CC(F)(F)F. The zero-order valence-corrected chi connectivity index (χ0v) is 10.2. The molecule has 0 aliphatic rings. The Morgan fingerprint density at radius 2 is 1.71 bits per heavy atom. The van der Waals surface area contributed by atoms with E-state index in [1.807, 2.05) is 13.8 Å². The van der Waals surface area contributed by atoms with Crippen LogP contribution in [0.2, 0.25) is 0 Å². The van der Waals surface area contributed by atoms with Gasteiger partial charge in [0.2, 0.25) is 0 Å². The van der Waals surface area contributed by atoms with Crippen molar-refractivity contribution in [2.75, 3.05) is 0 Å². The Hall–Kier alpha value is -1.03. The lowest BCUT2D eigenvalue weighted by Crippen LogP contribution is -2.30. The molecular weight excluding hydrogens is 229 g/mol. The Bertz CT molecular complexity index is 380. The quantitative estimate of drug-likeness (QED) is 0.855. The molecule has 0 saturated heterocycles. The van der Waals surface area contributed by atoms with Gasteiger partial charge in [0.1, 0.15) is 0 Å². The van der Waals surface area contributed by atoms with Gasteiger partial charge in [0.05, 0.1) is 12.0 Å².